The van der Waals surface area contributed by atoms with Gasteiger partial charge >= 0.3 is 6.03 Å². The molecule has 0 aromatic carbocycles. The van der Waals surface area contributed by atoms with Crippen LogP contribution in [0.4, 0.5) is 4.79 Å². The third-order valence-electron chi connectivity index (χ3n) is 6.60. The summed E-state index contributed by atoms with van der Waals surface area (Å²) in [5.41, 5.74) is -0.878. The number of carbonyl (C=O) groups is 4. The molecule has 0 radical (unpaired) electrons. The predicted molar refractivity (Wildman–Crippen MR) is 123 cm³/mol. The Morgan fingerprint density at radius 2 is 1.94 bits per heavy atom. The standard InChI is InChI=1S/C23H34N4O4S/c1-4-12-23(21(30)27(22(31)24-23)15-11-18-6-5-16-32-18)17-9-13-26(14-10-17)20(29)8-7-19(28)25(2)3/h5-6,16-17H,4,7-15H2,1-3H3,(H,24,31)/t23-/m1/s1. The number of imide groups is 1. The van der Waals surface area contributed by atoms with Crippen LogP contribution in [-0.4, -0.2) is 77.7 Å². The number of piperidine rings is 1. The summed E-state index contributed by atoms with van der Waals surface area (Å²) in [6, 6.07) is 3.68. The van der Waals surface area contributed by atoms with Crippen molar-refractivity contribution in [2.75, 3.05) is 33.7 Å². The molecule has 8 nitrogen and oxygen atoms in total. The van der Waals surface area contributed by atoms with Gasteiger partial charge in [-0.15, -0.1) is 11.3 Å². The van der Waals surface area contributed by atoms with Gasteiger partial charge in [-0.3, -0.25) is 19.3 Å². The van der Waals surface area contributed by atoms with Crippen LogP contribution in [0.2, 0.25) is 0 Å². The highest BCUT2D eigenvalue weighted by Gasteiger charge is 2.55. The minimum absolute atomic E-state index is 0.00176. The van der Waals surface area contributed by atoms with E-state index in [9.17, 15) is 19.2 Å². The summed E-state index contributed by atoms with van der Waals surface area (Å²) in [6.45, 7) is 3.50. The average Bonchev–Trinajstić information content (AvgIpc) is 3.37. The maximum absolute atomic E-state index is 13.5. The number of rotatable bonds is 9. The summed E-state index contributed by atoms with van der Waals surface area (Å²) in [6.07, 6.45) is 3.79. The van der Waals surface area contributed by atoms with Gasteiger partial charge in [0.2, 0.25) is 11.8 Å². The molecule has 5 amide bonds. The smallest absolute Gasteiger partial charge is 0.325 e. The van der Waals surface area contributed by atoms with Crippen molar-refractivity contribution in [2.24, 2.45) is 5.92 Å². The van der Waals surface area contributed by atoms with E-state index >= 15 is 0 Å². The largest absolute Gasteiger partial charge is 0.349 e. The van der Waals surface area contributed by atoms with E-state index in [0.29, 0.717) is 45.3 Å². The van der Waals surface area contributed by atoms with Gasteiger partial charge in [-0.1, -0.05) is 19.4 Å². The molecule has 3 rings (SSSR count). The van der Waals surface area contributed by atoms with Gasteiger partial charge in [0.25, 0.3) is 5.91 Å². The number of carbonyl (C=O) groups excluding carboxylic acids is 4. The molecule has 0 saturated carbocycles. The topological polar surface area (TPSA) is 90.0 Å². The lowest BCUT2D eigenvalue weighted by atomic mass is 9.74. The first-order chi connectivity index (χ1) is 15.3. The molecule has 0 bridgehead atoms. The van der Waals surface area contributed by atoms with Crippen LogP contribution in [-0.2, 0) is 20.8 Å². The van der Waals surface area contributed by atoms with E-state index in [1.165, 1.54) is 9.80 Å². The van der Waals surface area contributed by atoms with Crippen LogP contribution in [0.25, 0.3) is 0 Å². The molecule has 0 aliphatic carbocycles. The Bertz CT molecular complexity index is 833. The summed E-state index contributed by atoms with van der Waals surface area (Å²) < 4.78 is 0. The summed E-state index contributed by atoms with van der Waals surface area (Å²) >= 11 is 1.63. The monoisotopic (exact) mass is 462 g/mol. The van der Waals surface area contributed by atoms with Crippen LogP contribution in [0.3, 0.4) is 0 Å². The Kier molecular flexibility index (Phi) is 7.92. The first-order valence-electron chi connectivity index (χ1n) is 11.4. The Balaban J connectivity index is 1.61. The van der Waals surface area contributed by atoms with E-state index in [1.807, 2.05) is 24.4 Å². The Hall–Kier alpha value is -2.42. The fraction of sp³-hybridized carbons (Fsp3) is 0.652. The van der Waals surface area contributed by atoms with E-state index in [0.717, 1.165) is 11.3 Å². The lowest BCUT2D eigenvalue weighted by molar-refractivity contribution is -0.138. The van der Waals surface area contributed by atoms with E-state index in [1.54, 1.807) is 30.3 Å². The minimum atomic E-state index is -0.878. The molecule has 0 spiro atoms. The zero-order valence-electron chi connectivity index (χ0n) is 19.3. The first kappa shape index (κ1) is 24.2. The van der Waals surface area contributed by atoms with Crippen molar-refractivity contribution in [3.8, 4) is 0 Å². The number of hydrogen-bond acceptors (Lipinski definition) is 5. The number of amides is 5. The van der Waals surface area contributed by atoms with Crippen molar-refractivity contribution in [3.05, 3.63) is 22.4 Å². The fourth-order valence-electron chi connectivity index (χ4n) is 4.79. The van der Waals surface area contributed by atoms with Gasteiger partial charge in [0.15, 0.2) is 0 Å². The van der Waals surface area contributed by atoms with E-state index in [-0.39, 0.29) is 42.5 Å². The van der Waals surface area contributed by atoms with Gasteiger partial charge in [0.05, 0.1) is 0 Å². The molecule has 0 unspecified atom stereocenters. The number of thiophene rings is 1. The van der Waals surface area contributed by atoms with Crippen LogP contribution in [0.15, 0.2) is 17.5 Å². The van der Waals surface area contributed by atoms with Gasteiger partial charge in [0.1, 0.15) is 5.54 Å². The summed E-state index contributed by atoms with van der Waals surface area (Å²) in [7, 11) is 3.37. The average molecular weight is 463 g/mol. The van der Waals surface area contributed by atoms with Gasteiger partial charge < -0.3 is 15.1 Å². The van der Waals surface area contributed by atoms with Crippen molar-refractivity contribution >= 4 is 35.1 Å². The Morgan fingerprint density at radius 1 is 1.22 bits per heavy atom. The summed E-state index contributed by atoms with van der Waals surface area (Å²) in [5.74, 6) is -0.208. The number of urea groups is 1. The fourth-order valence-corrected chi connectivity index (χ4v) is 5.48. The van der Waals surface area contributed by atoms with Crippen molar-refractivity contribution in [1.82, 2.24) is 20.0 Å². The van der Waals surface area contributed by atoms with E-state index in [2.05, 4.69) is 5.32 Å². The molecule has 2 aliphatic heterocycles. The van der Waals surface area contributed by atoms with Gasteiger partial charge in [-0.25, -0.2) is 4.79 Å². The highest BCUT2D eigenvalue weighted by Crippen LogP contribution is 2.37. The van der Waals surface area contributed by atoms with Crippen LogP contribution in [0.1, 0.15) is 50.3 Å². The molecular weight excluding hydrogens is 428 g/mol. The molecule has 1 N–H and O–H groups in total. The number of hydrogen-bond donors (Lipinski definition) is 1. The molecule has 2 fully saturated rings. The van der Waals surface area contributed by atoms with Crippen molar-refractivity contribution in [3.63, 3.8) is 0 Å². The lowest BCUT2D eigenvalue weighted by Crippen LogP contribution is -2.56. The van der Waals surface area contributed by atoms with Gasteiger partial charge in [-0.2, -0.15) is 0 Å². The highest BCUT2D eigenvalue weighted by atomic mass is 32.1. The Morgan fingerprint density at radius 3 is 2.53 bits per heavy atom. The molecule has 176 valence electrons. The normalized spacial score (nSPS) is 21.7. The second-order valence-electron chi connectivity index (χ2n) is 8.88. The van der Waals surface area contributed by atoms with E-state index in [4.69, 9.17) is 0 Å². The number of nitrogens with one attached hydrogen (secondary N) is 1. The zero-order chi connectivity index (χ0) is 23.3. The van der Waals surface area contributed by atoms with Crippen LogP contribution < -0.4 is 5.32 Å². The van der Waals surface area contributed by atoms with Crippen LogP contribution in [0.5, 0.6) is 0 Å². The molecule has 2 aliphatic rings. The first-order valence-corrected chi connectivity index (χ1v) is 12.3. The molecule has 1 aromatic heterocycles. The van der Waals surface area contributed by atoms with E-state index < -0.39 is 5.54 Å². The molecule has 3 heterocycles. The molecule has 1 atom stereocenters. The zero-order valence-corrected chi connectivity index (χ0v) is 20.1. The molecule has 9 heteroatoms. The maximum atomic E-state index is 13.5. The Labute approximate surface area is 193 Å². The minimum Gasteiger partial charge on any atom is -0.349 e. The second-order valence-corrected chi connectivity index (χ2v) is 9.91. The molecule has 1 aromatic rings. The molecule has 2 saturated heterocycles. The SMILES string of the molecule is CCC[C@]1(C2CCN(C(=O)CCC(=O)N(C)C)CC2)NC(=O)N(CCc2cccs2)C1=O. The van der Waals surface area contributed by atoms with Gasteiger partial charge in [-0.05, 0) is 43.0 Å². The van der Waals surface area contributed by atoms with Crippen LogP contribution >= 0.6 is 11.3 Å². The quantitative estimate of drug-likeness (QED) is 0.571. The third-order valence-corrected chi connectivity index (χ3v) is 7.54. The lowest BCUT2D eigenvalue weighted by Gasteiger charge is -2.41. The van der Waals surface area contributed by atoms with Crippen molar-refractivity contribution in [2.45, 2.75) is 57.4 Å². The highest BCUT2D eigenvalue weighted by molar-refractivity contribution is 7.09. The number of likely N-dealkylation sites (tertiary alicyclic amines) is 1. The van der Waals surface area contributed by atoms with Crippen molar-refractivity contribution in [1.29, 1.82) is 0 Å². The van der Waals surface area contributed by atoms with Crippen LogP contribution in [0, 0.1) is 5.92 Å². The predicted octanol–water partition coefficient (Wildman–Crippen LogP) is 2.49. The maximum Gasteiger partial charge on any atom is 0.325 e. The summed E-state index contributed by atoms with van der Waals surface area (Å²) in [5, 5.41) is 5.05. The third kappa shape index (κ3) is 5.14. The molecule has 32 heavy (non-hydrogen) atoms. The van der Waals surface area contributed by atoms with Gasteiger partial charge in [0, 0.05) is 51.4 Å². The van der Waals surface area contributed by atoms with Crippen molar-refractivity contribution < 1.29 is 19.2 Å². The number of nitrogens with zero attached hydrogens (tertiary/aromatic N) is 3. The second kappa shape index (κ2) is 10.5. The molecular formula is C23H34N4O4S. The summed E-state index contributed by atoms with van der Waals surface area (Å²) in [4.78, 5) is 56.3.